The standard InChI is InChI=1S/C12H14ClN3/c1-12(2,3)9-7-11(14-8-10(9)13)16-6-4-5-15-16/h4-8H,1-3H3. The summed E-state index contributed by atoms with van der Waals surface area (Å²) < 4.78 is 1.73. The maximum absolute atomic E-state index is 6.15. The fraction of sp³-hybridized carbons (Fsp3) is 0.333. The first-order valence-corrected chi connectivity index (χ1v) is 5.52. The molecule has 3 nitrogen and oxygen atoms in total. The third-order valence-corrected chi connectivity index (χ3v) is 2.69. The minimum absolute atomic E-state index is 0.00191. The molecule has 0 aromatic carbocycles. The van der Waals surface area contributed by atoms with Crippen molar-refractivity contribution < 1.29 is 0 Å². The predicted molar refractivity (Wildman–Crippen MR) is 65.1 cm³/mol. The Balaban J connectivity index is 2.52. The molecule has 0 fully saturated rings. The van der Waals surface area contributed by atoms with Crippen molar-refractivity contribution in [2.24, 2.45) is 0 Å². The van der Waals surface area contributed by atoms with Crippen LogP contribution in [0, 0.1) is 0 Å². The minimum atomic E-state index is 0.00191. The third-order valence-electron chi connectivity index (χ3n) is 2.39. The predicted octanol–water partition coefficient (Wildman–Crippen LogP) is 3.22. The van der Waals surface area contributed by atoms with Gasteiger partial charge >= 0.3 is 0 Å². The van der Waals surface area contributed by atoms with Crippen LogP contribution in [0.3, 0.4) is 0 Å². The van der Waals surface area contributed by atoms with Gasteiger partial charge in [0, 0.05) is 18.6 Å². The van der Waals surface area contributed by atoms with Crippen LogP contribution in [0.1, 0.15) is 26.3 Å². The molecule has 0 spiro atoms. The van der Waals surface area contributed by atoms with Crippen molar-refractivity contribution in [2.45, 2.75) is 26.2 Å². The van der Waals surface area contributed by atoms with Crippen molar-refractivity contribution in [1.82, 2.24) is 14.8 Å². The van der Waals surface area contributed by atoms with Crippen molar-refractivity contribution in [3.8, 4) is 5.82 Å². The number of pyridine rings is 1. The maximum Gasteiger partial charge on any atom is 0.153 e. The second-order valence-corrected chi connectivity index (χ2v) is 5.13. The zero-order chi connectivity index (χ0) is 11.8. The molecule has 0 saturated carbocycles. The SMILES string of the molecule is CC(C)(C)c1cc(-n2cccn2)ncc1Cl. The van der Waals surface area contributed by atoms with E-state index in [0.29, 0.717) is 5.02 Å². The molecule has 2 rings (SSSR count). The molecule has 16 heavy (non-hydrogen) atoms. The molecule has 2 heterocycles. The van der Waals surface area contributed by atoms with Gasteiger partial charge in [0.2, 0.25) is 0 Å². The summed E-state index contributed by atoms with van der Waals surface area (Å²) >= 11 is 6.15. The number of aromatic nitrogens is 3. The lowest BCUT2D eigenvalue weighted by atomic mass is 9.87. The molecule has 0 saturated heterocycles. The Morgan fingerprint density at radius 3 is 2.62 bits per heavy atom. The van der Waals surface area contributed by atoms with Gasteiger partial charge in [-0.1, -0.05) is 32.4 Å². The van der Waals surface area contributed by atoms with E-state index in [1.165, 1.54) is 0 Å². The Morgan fingerprint density at radius 2 is 2.06 bits per heavy atom. The van der Waals surface area contributed by atoms with Crippen LogP contribution >= 0.6 is 11.6 Å². The van der Waals surface area contributed by atoms with E-state index in [0.717, 1.165) is 11.4 Å². The molecule has 0 bridgehead atoms. The van der Waals surface area contributed by atoms with Gasteiger partial charge in [0.05, 0.1) is 5.02 Å². The Bertz CT molecular complexity index is 483. The van der Waals surface area contributed by atoms with E-state index in [-0.39, 0.29) is 5.41 Å². The summed E-state index contributed by atoms with van der Waals surface area (Å²) in [5.41, 5.74) is 1.08. The van der Waals surface area contributed by atoms with Crippen molar-refractivity contribution in [2.75, 3.05) is 0 Å². The van der Waals surface area contributed by atoms with E-state index in [9.17, 15) is 0 Å². The van der Waals surface area contributed by atoms with Crippen molar-refractivity contribution >= 4 is 11.6 Å². The van der Waals surface area contributed by atoms with Crippen LogP contribution in [-0.4, -0.2) is 14.8 Å². The van der Waals surface area contributed by atoms with Crippen molar-refractivity contribution in [1.29, 1.82) is 0 Å². The zero-order valence-electron chi connectivity index (χ0n) is 9.61. The lowest BCUT2D eigenvalue weighted by Gasteiger charge is -2.20. The van der Waals surface area contributed by atoms with Crippen LogP contribution in [0.4, 0.5) is 0 Å². The molecule has 84 valence electrons. The first kappa shape index (κ1) is 11.1. The highest BCUT2D eigenvalue weighted by Crippen LogP contribution is 2.29. The van der Waals surface area contributed by atoms with Crippen LogP contribution in [0.2, 0.25) is 5.02 Å². The summed E-state index contributed by atoms with van der Waals surface area (Å²) in [5, 5.41) is 4.85. The van der Waals surface area contributed by atoms with E-state index >= 15 is 0 Å². The largest absolute Gasteiger partial charge is 0.236 e. The van der Waals surface area contributed by atoms with Gasteiger partial charge in [-0.15, -0.1) is 0 Å². The van der Waals surface area contributed by atoms with Crippen LogP contribution in [0.25, 0.3) is 5.82 Å². The fourth-order valence-electron chi connectivity index (χ4n) is 1.53. The molecule has 4 heteroatoms. The van der Waals surface area contributed by atoms with E-state index in [1.807, 2.05) is 18.3 Å². The zero-order valence-corrected chi connectivity index (χ0v) is 10.4. The van der Waals surface area contributed by atoms with Gasteiger partial charge < -0.3 is 0 Å². The second kappa shape index (κ2) is 3.91. The Hall–Kier alpha value is -1.35. The molecule has 2 aromatic heterocycles. The average Bonchev–Trinajstić information content (AvgIpc) is 2.69. The molecule has 0 amide bonds. The van der Waals surface area contributed by atoms with E-state index in [1.54, 1.807) is 17.1 Å². The van der Waals surface area contributed by atoms with E-state index in [4.69, 9.17) is 11.6 Å². The van der Waals surface area contributed by atoms with Crippen molar-refractivity contribution in [3.63, 3.8) is 0 Å². The van der Waals surface area contributed by atoms with Crippen LogP contribution in [-0.2, 0) is 5.41 Å². The molecular formula is C12H14ClN3. The molecule has 0 aliphatic heterocycles. The van der Waals surface area contributed by atoms with Gasteiger partial charge in [-0.05, 0) is 23.1 Å². The number of hydrogen-bond donors (Lipinski definition) is 0. The number of nitrogens with zero attached hydrogens (tertiary/aromatic N) is 3. The Kier molecular flexibility index (Phi) is 2.72. The first-order valence-electron chi connectivity index (χ1n) is 5.14. The summed E-state index contributed by atoms with van der Waals surface area (Å²) in [6.45, 7) is 6.38. The maximum atomic E-state index is 6.15. The summed E-state index contributed by atoms with van der Waals surface area (Å²) in [6, 6.07) is 3.85. The van der Waals surface area contributed by atoms with Gasteiger partial charge in [-0.3, -0.25) is 0 Å². The second-order valence-electron chi connectivity index (χ2n) is 4.72. The van der Waals surface area contributed by atoms with Crippen molar-refractivity contribution in [3.05, 3.63) is 41.3 Å². The highest BCUT2D eigenvalue weighted by Gasteiger charge is 2.18. The van der Waals surface area contributed by atoms with Gasteiger partial charge in [-0.2, -0.15) is 5.10 Å². The normalized spacial score (nSPS) is 11.8. The van der Waals surface area contributed by atoms with Gasteiger partial charge in [-0.25, -0.2) is 9.67 Å². The quantitative estimate of drug-likeness (QED) is 0.760. The summed E-state index contributed by atoms with van der Waals surface area (Å²) in [6.07, 6.45) is 5.27. The van der Waals surface area contributed by atoms with Gasteiger partial charge in [0.1, 0.15) is 0 Å². The smallest absolute Gasteiger partial charge is 0.153 e. The molecule has 0 N–H and O–H groups in total. The molecule has 0 aliphatic carbocycles. The molecule has 2 aromatic rings. The van der Waals surface area contributed by atoms with Crippen LogP contribution in [0.5, 0.6) is 0 Å². The Morgan fingerprint density at radius 1 is 1.31 bits per heavy atom. The monoisotopic (exact) mass is 235 g/mol. The minimum Gasteiger partial charge on any atom is -0.236 e. The van der Waals surface area contributed by atoms with E-state index < -0.39 is 0 Å². The highest BCUT2D eigenvalue weighted by atomic mass is 35.5. The molecule has 0 atom stereocenters. The van der Waals surface area contributed by atoms with Gasteiger partial charge in [0.15, 0.2) is 5.82 Å². The summed E-state index contributed by atoms with van der Waals surface area (Å²) in [7, 11) is 0. The van der Waals surface area contributed by atoms with E-state index in [2.05, 4.69) is 30.9 Å². The number of hydrogen-bond acceptors (Lipinski definition) is 2. The fourth-order valence-corrected chi connectivity index (χ4v) is 1.92. The topological polar surface area (TPSA) is 30.7 Å². The van der Waals surface area contributed by atoms with Gasteiger partial charge in [0.25, 0.3) is 0 Å². The number of rotatable bonds is 1. The van der Waals surface area contributed by atoms with Crippen LogP contribution < -0.4 is 0 Å². The lowest BCUT2D eigenvalue weighted by Crippen LogP contribution is -2.13. The molecular weight excluding hydrogens is 222 g/mol. The Labute approximate surface area is 100 Å². The average molecular weight is 236 g/mol. The molecule has 0 aliphatic rings. The molecule has 0 unspecified atom stereocenters. The molecule has 0 radical (unpaired) electrons. The summed E-state index contributed by atoms with van der Waals surface area (Å²) in [4.78, 5) is 4.26. The number of halogens is 1. The lowest BCUT2D eigenvalue weighted by molar-refractivity contribution is 0.588. The first-order chi connectivity index (χ1) is 7.48. The highest BCUT2D eigenvalue weighted by molar-refractivity contribution is 6.31. The third kappa shape index (κ3) is 2.09. The van der Waals surface area contributed by atoms with Crippen LogP contribution in [0.15, 0.2) is 30.7 Å². The summed E-state index contributed by atoms with van der Waals surface area (Å²) in [5.74, 6) is 0.791.